The van der Waals surface area contributed by atoms with Crippen molar-refractivity contribution in [1.29, 1.82) is 0 Å². The van der Waals surface area contributed by atoms with Crippen molar-refractivity contribution in [3.05, 3.63) is 53.0 Å². The molecule has 0 radical (unpaired) electrons. The summed E-state index contributed by atoms with van der Waals surface area (Å²) in [6, 6.07) is 5.85. The average molecular weight is 456 g/mol. The Bertz CT molecular complexity index is 1170. The van der Waals surface area contributed by atoms with Crippen LogP contribution in [0, 0.1) is 5.92 Å². The molecule has 0 spiro atoms. The zero-order valence-corrected chi connectivity index (χ0v) is 19.1. The van der Waals surface area contributed by atoms with Crippen LogP contribution >= 0.6 is 0 Å². The van der Waals surface area contributed by atoms with Gasteiger partial charge in [0.15, 0.2) is 11.5 Å². The molecule has 10 nitrogen and oxygen atoms in total. The van der Waals surface area contributed by atoms with Crippen molar-refractivity contribution in [3.63, 3.8) is 0 Å². The fourth-order valence-corrected chi connectivity index (χ4v) is 3.37. The number of benzene rings is 1. The molecular weight excluding hydrogens is 428 g/mol. The molecular formula is C23H28N4O6. The molecule has 0 bridgehead atoms. The fourth-order valence-electron chi connectivity index (χ4n) is 3.37. The van der Waals surface area contributed by atoms with Gasteiger partial charge in [-0.25, -0.2) is 4.98 Å². The Morgan fingerprint density at radius 1 is 1.21 bits per heavy atom. The van der Waals surface area contributed by atoms with Crippen LogP contribution in [0.2, 0.25) is 0 Å². The van der Waals surface area contributed by atoms with Crippen molar-refractivity contribution in [2.24, 2.45) is 5.92 Å². The van der Waals surface area contributed by atoms with Crippen LogP contribution in [0.25, 0.3) is 10.9 Å². The number of ether oxygens (including phenoxy) is 2. The number of nitrogens with one attached hydrogen (secondary N) is 2. The molecule has 2 N–H and O–H groups in total. The largest absolute Gasteiger partial charge is 0.493 e. The van der Waals surface area contributed by atoms with E-state index >= 15 is 0 Å². The van der Waals surface area contributed by atoms with E-state index in [1.807, 2.05) is 13.8 Å². The van der Waals surface area contributed by atoms with Gasteiger partial charge in [0.05, 0.1) is 44.3 Å². The van der Waals surface area contributed by atoms with Crippen LogP contribution < -0.4 is 25.7 Å². The van der Waals surface area contributed by atoms with Gasteiger partial charge >= 0.3 is 0 Å². The number of hydrogen-bond acceptors (Lipinski definition) is 7. The van der Waals surface area contributed by atoms with Gasteiger partial charge in [0.25, 0.3) is 5.56 Å². The second-order valence-corrected chi connectivity index (χ2v) is 7.63. The summed E-state index contributed by atoms with van der Waals surface area (Å²) in [5, 5.41) is 5.81. The zero-order valence-electron chi connectivity index (χ0n) is 19.1. The summed E-state index contributed by atoms with van der Waals surface area (Å²) in [7, 11) is 2.96. The van der Waals surface area contributed by atoms with E-state index in [9.17, 15) is 14.4 Å². The van der Waals surface area contributed by atoms with Gasteiger partial charge in [-0.3, -0.25) is 19.0 Å². The summed E-state index contributed by atoms with van der Waals surface area (Å²) >= 11 is 0. The predicted octanol–water partition coefficient (Wildman–Crippen LogP) is 1.85. The van der Waals surface area contributed by atoms with Crippen LogP contribution in [0.3, 0.4) is 0 Å². The Balaban J connectivity index is 1.75. The molecule has 3 aromatic rings. The summed E-state index contributed by atoms with van der Waals surface area (Å²) < 4.78 is 16.9. The number of carbonyl (C=O) groups is 2. The van der Waals surface area contributed by atoms with E-state index in [-0.39, 0.29) is 30.3 Å². The van der Waals surface area contributed by atoms with Crippen LogP contribution in [-0.2, 0) is 22.7 Å². The molecule has 0 fully saturated rings. The van der Waals surface area contributed by atoms with Gasteiger partial charge in [0.1, 0.15) is 18.3 Å². The van der Waals surface area contributed by atoms with Crippen molar-refractivity contribution < 1.29 is 23.5 Å². The quantitative estimate of drug-likeness (QED) is 0.477. The molecule has 176 valence electrons. The number of furan rings is 1. The molecule has 33 heavy (non-hydrogen) atoms. The molecule has 0 saturated heterocycles. The van der Waals surface area contributed by atoms with E-state index in [2.05, 4.69) is 15.6 Å². The Kier molecular flexibility index (Phi) is 7.70. The highest BCUT2D eigenvalue weighted by molar-refractivity contribution is 5.88. The maximum absolute atomic E-state index is 12.9. The highest BCUT2D eigenvalue weighted by Gasteiger charge is 2.26. The lowest BCUT2D eigenvalue weighted by Crippen LogP contribution is -2.51. The summed E-state index contributed by atoms with van der Waals surface area (Å²) in [5.74, 6) is 0.528. The Labute approximate surface area is 190 Å². The van der Waals surface area contributed by atoms with E-state index in [4.69, 9.17) is 13.9 Å². The number of methoxy groups -OCH3 is 2. The molecule has 3 rings (SSSR count). The van der Waals surface area contributed by atoms with Gasteiger partial charge < -0.3 is 24.5 Å². The number of fused-ring (bicyclic) bond motifs is 1. The lowest BCUT2D eigenvalue weighted by molar-refractivity contribution is -0.130. The third kappa shape index (κ3) is 5.51. The van der Waals surface area contributed by atoms with Crippen LogP contribution in [0.4, 0.5) is 0 Å². The normalized spacial score (nSPS) is 12.7. The van der Waals surface area contributed by atoms with E-state index in [0.29, 0.717) is 29.2 Å². The Morgan fingerprint density at radius 3 is 2.58 bits per heavy atom. The average Bonchev–Trinajstić information content (AvgIpc) is 3.35. The standard InChI is InChI=1S/C23H28N4O6/c1-5-14(2)21(22(29)24-11-15-7-6-8-33-15)26-20(28)12-27-13-25-17-10-19(32-4)18(31-3)9-16(17)23(27)30/h6-10,13-14,21H,5,11-12H2,1-4H3,(H,24,29)(H,26,28)/t14-,21-/m0/s1. The molecule has 0 aliphatic rings. The molecule has 0 aliphatic carbocycles. The molecule has 0 aliphatic heterocycles. The number of hydrogen-bond donors (Lipinski definition) is 2. The fraction of sp³-hybridized carbons (Fsp3) is 0.391. The van der Waals surface area contributed by atoms with E-state index in [1.165, 1.54) is 37.4 Å². The number of rotatable bonds is 10. The summed E-state index contributed by atoms with van der Waals surface area (Å²) in [6.07, 6.45) is 3.50. The minimum absolute atomic E-state index is 0.117. The molecule has 2 atom stereocenters. The number of carbonyl (C=O) groups excluding carboxylic acids is 2. The van der Waals surface area contributed by atoms with Gasteiger partial charge in [0, 0.05) is 6.07 Å². The summed E-state index contributed by atoms with van der Waals surface area (Å²) in [6.45, 7) is 3.74. The van der Waals surface area contributed by atoms with E-state index in [1.54, 1.807) is 18.2 Å². The van der Waals surface area contributed by atoms with Gasteiger partial charge in [-0.05, 0) is 24.1 Å². The molecule has 0 unspecified atom stereocenters. The maximum atomic E-state index is 12.9. The first kappa shape index (κ1) is 23.8. The SMILES string of the molecule is CC[C@H](C)[C@H](NC(=O)Cn1cnc2cc(OC)c(OC)cc2c1=O)C(=O)NCc1ccco1. The lowest BCUT2D eigenvalue weighted by atomic mass is 9.98. The van der Waals surface area contributed by atoms with Crippen LogP contribution in [-0.4, -0.2) is 41.6 Å². The van der Waals surface area contributed by atoms with E-state index < -0.39 is 17.5 Å². The van der Waals surface area contributed by atoms with Gasteiger partial charge in [-0.1, -0.05) is 20.3 Å². The monoisotopic (exact) mass is 456 g/mol. The van der Waals surface area contributed by atoms with Crippen LogP contribution in [0.5, 0.6) is 11.5 Å². The van der Waals surface area contributed by atoms with Crippen molar-refractivity contribution in [1.82, 2.24) is 20.2 Å². The smallest absolute Gasteiger partial charge is 0.261 e. The topological polar surface area (TPSA) is 125 Å². The summed E-state index contributed by atoms with van der Waals surface area (Å²) in [5.41, 5.74) is 0.0163. The van der Waals surface area contributed by atoms with Crippen LogP contribution in [0.1, 0.15) is 26.0 Å². The van der Waals surface area contributed by atoms with Crippen molar-refractivity contribution in [3.8, 4) is 11.5 Å². The summed E-state index contributed by atoms with van der Waals surface area (Å²) in [4.78, 5) is 42.7. The first-order valence-electron chi connectivity index (χ1n) is 10.6. The number of nitrogens with zero attached hydrogens (tertiary/aromatic N) is 2. The second-order valence-electron chi connectivity index (χ2n) is 7.63. The first-order valence-corrected chi connectivity index (χ1v) is 10.6. The molecule has 2 amide bonds. The highest BCUT2D eigenvalue weighted by atomic mass is 16.5. The molecule has 10 heteroatoms. The van der Waals surface area contributed by atoms with Crippen molar-refractivity contribution >= 4 is 22.7 Å². The molecule has 2 aromatic heterocycles. The maximum Gasteiger partial charge on any atom is 0.261 e. The van der Waals surface area contributed by atoms with E-state index in [0.717, 1.165) is 0 Å². The second kappa shape index (κ2) is 10.7. The Morgan fingerprint density at radius 2 is 1.94 bits per heavy atom. The molecule has 2 heterocycles. The first-order chi connectivity index (χ1) is 15.9. The zero-order chi connectivity index (χ0) is 24.0. The van der Waals surface area contributed by atoms with Crippen molar-refractivity contribution in [2.45, 2.75) is 39.4 Å². The minimum Gasteiger partial charge on any atom is -0.493 e. The van der Waals surface area contributed by atoms with Gasteiger partial charge in [-0.15, -0.1) is 0 Å². The predicted molar refractivity (Wildman–Crippen MR) is 121 cm³/mol. The minimum atomic E-state index is -0.758. The molecule has 1 aromatic carbocycles. The van der Waals surface area contributed by atoms with Gasteiger partial charge in [0.2, 0.25) is 11.8 Å². The van der Waals surface area contributed by atoms with Gasteiger partial charge in [-0.2, -0.15) is 0 Å². The highest BCUT2D eigenvalue weighted by Crippen LogP contribution is 2.29. The number of aromatic nitrogens is 2. The Hall–Kier alpha value is -3.82. The third-order valence-electron chi connectivity index (χ3n) is 5.47. The number of amides is 2. The molecule has 0 saturated carbocycles. The lowest BCUT2D eigenvalue weighted by Gasteiger charge is -2.23. The van der Waals surface area contributed by atoms with Crippen LogP contribution in [0.15, 0.2) is 46.1 Å². The third-order valence-corrected chi connectivity index (χ3v) is 5.47. The van der Waals surface area contributed by atoms with Crippen molar-refractivity contribution in [2.75, 3.05) is 14.2 Å².